The Balaban J connectivity index is 1.88. The summed E-state index contributed by atoms with van der Waals surface area (Å²) >= 11 is 0. The second kappa shape index (κ2) is 6.32. The second-order valence-electron chi connectivity index (χ2n) is 5.24. The molecule has 0 N–H and O–H groups in total. The topological polar surface area (TPSA) is 43.9 Å². The highest BCUT2D eigenvalue weighted by atomic mass is 19.4. The van der Waals surface area contributed by atoms with E-state index in [0.29, 0.717) is 25.0 Å². The van der Waals surface area contributed by atoms with Gasteiger partial charge in [0.1, 0.15) is 11.8 Å². The van der Waals surface area contributed by atoms with Gasteiger partial charge in [0.2, 0.25) is 0 Å². The zero-order chi connectivity index (χ0) is 15.5. The molecule has 0 aromatic carbocycles. The molecule has 2 aromatic rings. The van der Waals surface area contributed by atoms with E-state index >= 15 is 0 Å². The third kappa shape index (κ3) is 4.34. The van der Waals surface area contributed by atoms with Crippen molar-refractivity contribution in [1.29, 1.82) is 0 Å². The van der Waals surface area contributed by atoms with Gasteiger partial charge in [-0.15, -0.1) is 0 Å². The Kier molecular flexibility index (Phi) is 4.69. The van der Waals surface area contributed by atoms with E-state index in [1.807, 2.05) is 6.92 Å². The lowest BCUT2D eigenvalue weighted by Crippen LogP contribution is -2.27. The molecule has 0 saturated heterocycles. The lowest BCUT2D eigenvalue weighted by molar-refractivity contribution is -0.172. The van der Waals surface area contributed by atoms with Crippen molar-refractivity contribution >= 4 is 0 Å². The fourth-order valence-electron chi connectivity index (χ4n) is 2.22. The van der Waals surface area contributed by atoms with Crippen molar-refractivity contribution in [3.63, 3.8) is 0 Å². The maximum atomic E-state index is 13.1. The van der Waals surface area contributed by atoms with Crippen molar-refractivity contribution in [2.45, 2.75) is 51.7 Å². The molecule has 0 amide bonds. The molecule has 0 fully saturated rings. The van der Waals surface area contributed by atoms with Crippen molar-refractivity contribution in [2.24, 2.45) is 0 Å². The minimum absolute atomic E-state index is 0.0116. The minimum Gasteiger partial charge on any atom is -0.361 e. The van der Waals surface area contributed by atoms with Gasteiger partial charge in [-0.2, -0.15) is 18.3 Å². The summed E-state index contributed by atoms with van der Waals surface area (Å²) in [6.07, 6.45) is 0.265. The predicted octanol–water partition coefficient (Wildman–Crippen LogP) is 4.00. The first-order chi connectivity index (χ1) is 9.86. The fraction of sp³-hybridized carbons (Fsp3) is 0.571. The molecule has 4 nitrogen and oxygen atoms in total. The van der Waals surface area contributed by atoms with Crippen LogP contribution in [0, 0.1) is 13.8 Å². The van der Waals surface area contributed by atoms with Crippen LogP contribution in [0.1, 0.15) is 42.3 Å². The van der Waals surface area contributed by atoms with Crippen LogP contribution in [-0.4, -0.2) is 21.1 Å². The van der Waals surface area contributed by atoms with E-state index in [1.165, 1.54) is 12.4 Å². The molecule has 0 aliphatic rings. The van der Waals surface area contributed by atoms with Crippen molar-refractivity contribution < 1.29 is 17.7 Å². The summed E-state index contributed by atoms with van der Waals surface area (Å²) in [5, 5.41) is 7.54. The molecule has 0 bridgehead atoms. The molecule has 1 atom stereocenters. The first-order valence-electron chi connectivity index (χ1n) is 6.86. The van der Waals surface area contributed by atoms with Gasteiger partial charge in [0, 0.05) is 18.7 Å². The quantitative estimate of drug-likeness (QED) is 0.757. The second-order valence-corrected chi connectivity index (χ2v) is 5.24. The Morgan fingerprint density at radius 1 is 1.29 bits per heavy atom. The Labute approximate surface area is 120 Å². The number of alkyl halides is 3. The van der Waals surface area contributed by atoms with Crippen LogP contribution in [0.25, 0.3) is 0 Å². The van der Waals surface area contributed by atoms with E-state index < -0.39 is 12.2 Å². The molecule has 2 heterocycles. The molecule has 1 unspecified atom stereocenters. The molecule has 0 saturated carbocycles. The standard InChI is InChI=1S/C14H18F3N3O/c1-10-8-18-20(9-10)13(14(15,16)17)6-4-3-5-12-7-11(2)19-21-12/h7-9,13H,3-6H2,1-2H3. The van der Waals surface area contributed by atoms with Gasteiger partial charge in [0.05, 0.1) is 11.9 Å². The number of unbranched alkanes of at least 4 members (excludes halogenated alkanes) is 1. The maximum Gasteiger partial charge on any atom is 0.410 e. The zero-order valence-electron chi connectivity index (χ0n) is 12.0. The van der Waals surface area contributed by atoms with Crippen LogP contribution >= 0.6 is 0 Å². The van der Waals surface area contributed by atoms with Crippen LogP contribution in [0.5, 0.6) is 0 Å². The Bertz CT molecular complexity index is 574. The molecule has 7 heteroatoms. The van der Waals surface area contributed by atoms with Gasteiger partial charge >= 0.3 is 6.18 Å². The Morgan fingerprint density at radius 2 is 2.05 bits per heavy atom. The van der Waals surface area contributed by atoms with Gasteiger partial charge in [-0.1, -0.05) is 11.6 Å². The van der Waals surface area contributed by atoms with E-state index in [1.54, 1.807) is 13.0 Å². The SMILES string of the molecule is Cc1cnn(C(CCCCc2cc(C)no2)C(F)(F)F)c1. The minimum atomic E-state index is -4.29. The van der Waals surface area contributed by atoms with Crippen molar-refractivity contribution in [2.75, 3.05) is 0 Å². The van der Waals surface area contributed by atoms with Crippen LogP contribution in [-0.2, 0) is 6.42 Å². The van der Waals surface area contributed by atoms with E-state index in [-0.39, 0.29) is 6.42 Å². The summed E-state index contributed by atoms with van der Waals surface area (Å²) in [5.41, 5.74) is 1.51. The average molecular weight is 301 g/mol. The van der Waals surface area contributed by atoms with Gasteiger partial charge in [-0.05, 0) is 32.3 Å². The molecule has 0 aliphatic carbocycles. The van der Waals surface area contributed by atoms with Crippen LogP contribution < -0.4 is 0 Å². The van der Waals surface area contributed by atoms with E-state index in [2.05, 4.69) is 10.3 Å². The maximum absolute atomic E-state index is 13.1. The highest BCUT2D eigenvalue weighted by Crippen LogP contribution is 2.34. The van der Waals surface area contributed by atoms with Gasteiger partial charge < -0.3 is 4.52 Å². The molecular weight excluding hydrogens is 283 g/mol. The van der Waals surface area contributed by atoms with Gasteiger partial charge in [-0.25, -0.2) is 0 Å². The van der Waals surface area contributed by atoms with Gasteiger partial charge in [0.15, 0.2) is 0 Å². The smallest absolute Gasteiger partial charge is 0.361 e. The van der Waals surface area contributed by atoms with Crippen molar-refractivity contribution in [3.8, 4) is 0 Å². The van der Waals surface area contributed by atoms with E-state index in [4.69, 9.17) is 4.52 Å². The number of aromatic nitrogens is 3. The number of nitrogens with zero attached hydrogens (tertiary/aromatic N) is 3. The summed E-state index contributed by atoms with van der Waals surface area (Å²) in [6.45, 7) is 3.54. The van der Waals surface area contributed by atoms with Gasteiger partial charge in [-0.3, -0.25) is 4.68 Å². The monoisotopic (exact) mass is 301 g/mol. The normalized spacial score (nSPS) is 13.6. The average Bonchev–Trinajstić information content (AvgIpc) is 2.97. The van der Waals surface area contributed by atoms with Crippen LogP contribution in [0.4, 0.5) is 13.2 Å². The molecule has 21 heavy (non-hydrogen) atoms. The number of hydrogen-bond donors (Lipinski definition) is 0. The van der Waals surface area contributed by atoms with Crippen LogP contribution in [0.15, 0.2) is 23.0 Å². The van der Waals surface area contributed by atoms with E-state index in [9.17, 15) is 13.2 Å². The molecule has 116 valence electrons. The fourth-order valence-corrected chi connectivity index (χ4v) is 2.22. The molecular formula is C14H18F3N3O. The highest BCUT2D eigenvalue weighted by Gasteiger charge is 2.40. The third-order valence-corrected chi connectivity index (χ3v) is 3.26. The highest BCUT2D eigenvalue weighted by molar-refractivity contribution is 5.03. The Hall–Kier alpha value is -1.79. The number of halogens is 3. The summed E-state index contributed by atoms with van der Waals surface area (Å²) in [5.74, 6) is 0.714. The number of hydrogen-bond acceptors (Lipinski definition) is 3. The first kappa shape index (κ1) is 15.6. The lowest BCUT2D eigenvalue weighted by atomic mass is 10.1. The largest absolute Gasteiger partial charge is 0.410 e. The first-order valence-corrected chi connectivity index (χ1v) is 6.86. The summed E-state index contributed by atoms with van der Waals surface area (Å²) in [6, 6.07) is 0.237. The molecule has 0 radical (unpaired) electrons. The molecule has 2 rings (SSSR count). The van der Waals surface area contributed by atoms with Crippen LogP contribution in [0.2, 0.25) is 0 Å². The third-order valence-electron chi connectivity index (χ3n) is 3.26. The van der Waals surface area contributed by atoms with Crippen molar-refractivity contribution in [3.05, 3.63) is 35.5 Å². The zero-order valence-corrected chi connectivity index (χ0v) is 12.0. The number of rotatable bonds is 6. The predicted molar refractivity (Wildman–Crippen MR) is 70.9 cm³/mol. The molecule has 2 aromatic heterocycles. The van der Waals surface area contributed by atoms with Crippen molar-refractivity contribution in [1.82, 2.24) is 14.9 Å². The lowest BCUT2D eigenvalue weighted by Gasteiger charge is -2.20. The van der Waals surface area contributed by atoms with Gasteiger partial charge in [0.25, 0.3) is 0 Å². The summed E-state index contributed by atoms with van der Waals surface area (Å²) < 4.78 is 45.3. The summed E-state index contributed by atoms with van der Waals surface area (Å²) in [7, 11) is 0. The van der Waals surface area contributed by atoms with Crippen LogP contribution in [0.3, 0.4) is 0 Å². The number of aryl methyl sites for hydroxylation is 3. The Morgan fingerprint density at radius 3 is 2.57 bits per heavy atom. The molecule has 0 spiro atoms. The summed E-state index contributed by atoms with van der Waals surface area (Å²) in [4.78, 5) is 0. The molecule has 0 aliphatic heterocycles. The van der Waals surface area contributed by atoms with E-state index in [0.717, 1.165) is 15.9 Å².